The second-order valence-electron chi connectivity index (χ2n) is 8.76. The van der Waals surface area contributed by atoms with Crippen molar-refractivity contribution in [2.24, 2.45) is 0 Å². The maximum atomic E-state index is 12.9. The Hall–Kier alpha value is -2.61. The van der Waals surface area contributed by atoms with E-state index in [2.05, 4.69) is 46.7 Å². The van der Waals surface area contributed by atoms with Crippen LogP contribution < -0.4 is 0 Å². The van der Waals surface area contributed by atoms with E-state index in [0.717, 1.165) is 49.6 Å². The predicted octanol–water partition coefficient (Wildman–Crippen LogP) is 3.87. The summed E-state index contributed by atoms with van der Waals surface area (Å²) in [6.07, 6.45) is 0. The topological polar surface area (TPSA) is 53.8 Å². The van der Waals surface area contributed by atoms with Crippen molar-refractivity contribution in [2.45, 2.75) is 19.5 Å². The Bertz CT molecular complexity index is 1100. The van der Waals surface area contributed by atoms with Crippen molar-refractivity contribution in [3.63, 3.8) is 0 Å². The fourth-order valence-electron chi connectivity index (χ4n) is 4.79. The van der Waals surface area contributed by atoms with Gasteiger partial charge in [-0.15, -0.1) is 0 Å². The van der Waals surface area contributed by atoms with Crippen molar-refractivity contribution >= 4 is 28.7 Å². The molecule has 3 aromatic rings. The summed E-state index contributed by atoms with van der Waals surface area (Å²) in [5.74, 6) is 1.03. The molecule has 1 aromatic heterocycles. The summed E-state index contributed by atoms with van der Waals surface area (Å²) >= 11 is 6.27. The maximum Gasteiger partial charge on any atom is 0.320 e. The Morgan fingerprint density at radius 1 is 1.00 bits per heavy atom. The third-order valence-corrected chi connectivity index (χ3v) is 6.95. The molecule has 1 atom stereocenters. The number of amides is 2. The standard InChI is InChI=1S/C25H30ClN5O2/c1-19(28-9-11-29(12-10-28)25(32)30-13-15-33-16-14-30)24-27-22-17-21(26)7-8-23(22)31(24)18-20-5-3-2-4-6-20/h2-8,17,19H,9-16,18H2,1H3/t19-/m0/s1. The summed E-state index contributed by atoms with van der Waals surface area (Å²) in [4.78, 5) is 24.2. The van der Waals surface area contributed by atoms with Crippen molar-refractivity contribution in [2.75, 3.05) is 52.5 Å². The Morgan fingerprint density at radius 2 is 1.70 bits per heavy atom. The van der Waals surface area contributed by atoms with E-state index in [1.807, 2.05) is 28.0 Å². The molecule has 33 heavy (non-hydrogen) atoms. The summed E-state index contributed by atoms with van der Waals surface area (Å²) in [5, 5.41) is 0.696. The molecule has 2 fully saturated rings. The molecule has 0 unspecified atom stereocenters. The lowest BCUT2D eigenvalue weighted by Gasteiger charge is -2.40. The number of nitrogens with zero attached hydrogens (tertiary/aromatic N) is 5. The maximum absolute atomic E-state index is 12.9. The molecule has 5 rings (SSSR count). The Balaban J connectivity index is 1.34. The highest BCUT2D eigenvalue weighted by Crippen LogP contribution is 2.28. The minimum absolute atomic E-state index is 0.125. The van der Waals surface area contributed by atoms with Crippen LogP contribution in [-0.2, 0) is 11.3 Å². The van der Waals surface area contributed by atoms with Crippen molar-refractivity contribution in [1.82, 2.24) is 24.3 Å². The lowest BCUT2D eigenvalue weighted by molar-refractivity contribution is 0.0348. The average Bonchev–Trinajstić information content (AvgIpc) is 3.21. The quantitative estimate of drug-likeness (QED) is 0.584. The number of morpholine rings is 1. The van der Waals surface area contributed by atoms with E-state index >= 15 is 0 Å². The first-order valence-electron chi connectivity index (χ1n) is 11.7. The predicted molar refractivity (Wildman–Crippen MR) is 130 cm³/mol. The van der Waals surface area contributed by atoms with E-state index < -0.39 is 0 Å². The first-order valence-corrected chi connectivity index (χ1v) is 12.0. The fourth-order valence-corrected chi connectivity index (χ4v) is 4.96. The molecule has 2 saturated heterocycles. The van der Waals surface area contributed by atoms with Crippen LogP contribution in [0.1, 0.15) is 24.4 Å². The van der Waals surface area contributed by atoms with Gasteiger partial charge in [0.05, 0.1) is 30.3 Å². The van der Waals surface area contributed by atoms with Gasteiger partial charge in [0.15, 0.2) is 0 Å². The average molecular weight is 468 g/mol. The number of halogens is 1. The molecule has 8 heteroatoms. The second kappa shape index (κ2) is 9.71. The van der Waals surface area contributed by atoms with Gasteiger partial charge in [0.1, 0.15) is 5.82 Å². The zero-order valence-electron chi connectivity index (χ0n) is 19.0. The Morgan fingerprint density at radius 3 is 2.42 bits per heavy atom. The molecular weight excluding hydrogens is 438 g/mol. The lowest BCUT2D eigenvalue weighted by Crippen LogP contribution is -2.55. The largest absolute Gasteiger partial charge is 0.378 e. The second-order valence-corrected chi connectivity index (χ2v) is 9.19. The Kier molecular flexibility index (Phi) is 6.53. The molecular formula is C25H30ClN5O2. The van der Waals surface area contributed by atoms with E-state index in [-0.39, 0.29) is 12.1 Å². The zero-order valence-corrected chi connectivity index (χ0v) is 19.7. The zero-order chi connectivity index (χ0) is 22.8. The van der Waals surface area contributed by atoms with Crippen molar-refractivity contribution < 1.29 is 9.53 Å². The number of hydrogen-bond donors (Lipinski definition) is 0. The summed E-state index contributed by atoms with van der Waals surface area (Å²) < 4.78 is 7.69. The highest BCUT2D eigenvalue weighted by Gasteiger charge is 2.30. The molecule has 0 saturated carbocycles. The molecule has 7 nitrogen and oxygen atoms in total. The molecule has 0 bridgehead atoms. The van der Waals surface area contributed by atoms with Gasteiger partial charge in [-0.05, 0) is 30.7 Å². The van der Waals surface area contributed by atoms with Crippen LogP contribution in [0.25, 0.3) is 11.0 Å². The number of imidazole rings is 1. The molecule has 174 valence electrons. The molecule has 0 spiro atoms. The van der Waals surface area contributed by atoms with Crippen LogP contribution in [0.4, 0.5) is 4.79 Å². The van der Waals surface area contributed by atoms with Crippen LogP contribution in [0.3, 0.4) is 0 Å². The van der Waals surface area contributed by atoms with Crippen LogP contribution in [0, 0.1) is 0 Å². The van der Waals surface area contributed by atoms with E-state index in [0.29, 0.717) is 31.3 Å². The third-order valence-electron chi connectivity index (χ3n) is 6.71. The SMILES string of the molecule is C[C@@H](c1nc2cc(Cl)ccc2n1Cc1ccccc1)N1CCN(C(=O)N2CCOCC2)CC1. The van der Waals surface area contributed by atoms with Crippen LogP contribution in [0.5, 0.6) is 0 Å². The number of carbonyl (C=O) groups excluding carboxylic acids is 1. The van der Waals surface area contributed by atoms with Crippen LogP contribution in [0.2, 0.25) is 5.02 Å². The van der Waals surface area contributed by atoms with Crippen molar-refractivity contribution in [3.8, 4) is 0 Å². The normalized spacial score (nSPS) is 18.6. The summed E-state index contributed by atoms with van der Waals surface area (Å²) in [6.45, 7) is 8.70. The fraction of sp³-hybridized carbons (Fsp3) is 0.440. The van der Waals surface area contributed by atoms with Crippen LogP contribution in [-0.4, -0.2) is 82.8 Å². The number of ether oxygens (including phenoxy) is 1. The highest BCUT2D eigenvalue weighted by molar-refractivity contribution is 6.31. The highest BCUT2D eigenvalue weighted by atomic mass is 35.5. The van der Waals surface area contributed by atoms with Gasteiger partial charge in [-0.3, -0.25) is 4.90 Å². The van der Waals surface area contributed by atoms with Crippen molar-refractivity contribution in [1.29, 1.82) is 0 Å². The van der Waals surface area contributed by atoms with Gasteiger partial charge in [-0.25, -0.2) is 9.78 Å². The third kappa shape index (κ3) is 4.71. The lowest BCUT2D eigenvalue weighted by atomic mass is 10.2. The molecule has 2 aliphatic heterocycles. The number of hydrogen-bond acceptors (Lipinski definition) is 4. The van der Waals surface area contributed by atoms with Gasteiger partial charge in [0.2, 0.25) is 0 Å². The number of urea groups is 1. The summed E-state index contributed by atoms with van der Waals surface area (Å²) in [5.41, 5.74) is 3.24. The van der Waals surface area contributed by atoms with E-state index in [1.165, 1.54) is 5.56 Å². The van der Waals surface area contributed by atoms with Crippen LogP contribution >= 0.6 is 11.6 Å². The van der Waals surface area contributed by atoms with Gasteiger partial charge < -0.3 is 19.1 Å². The number of benzene rings is 2. The minimum atomic E-state index is 0.125. The van der Waals surface area contributed by atoms with E-state index in [9.17, 15) is 4.79 Å². The number of fused-ring (bicyclic) bond motifs is 1. The number of carbonyl (C=O) groups is 1. The summed E-state index contributed by atoms with van der Waals surface area (Å²) in [6, 6.07) is 16.7. The molecule has 3 heterocycles. The Labute approximate surface area is 199 Å². The monoisotopic (exact) mass is 467 g/mol. The van der Waals surface area contributed by atoms with Crippen molar-refractivity contribution in [3.05, 3.63) is 64.9 Å². The van der Waals surface area contributed by atoms with Gasteiger partial charge in [0, 0.05) is 50.8 Å². The smallest absolute Gasteiger partial charge is 0.320 e. The molecule has 2 aliphatic rings. The van der Waals surface area contributed by atoms with E-state index in [4.69, 9.17) is 21.3 Å². The number of aromatic nitrogens is 2. The summed E-state index contributed by atoms with van der Waals surface area (Å²) in [7, 11) is 0. The van der Waals surface area contributed by atoms with Gasteiger partial charge in [-0.2, -0.15) is 0 Å². The van der Waals surface area contributed by atoms with Gasteiger partial charge in [0.25, 0.3) is 0 Å². The first kappa shape index (κ1) is 22.2. The molecule has 0 radical (unpaired) electrons. The number of rotatable bonds is 4. The van der Waals surface area contributed by atoms with Gasteiger partial charge in [-0.1, -0.05) is 41.9 Å². The molecule has 0 aliphatic carbocycles. The van der Waals surface area contributed by atoms with Gasteiger partial charge >= 0.3 is 6.03 Å². The molecule has 2 aromatic carbocycles. The number of piperazine rings is 1. The minimum Gasteiger partial charge on any atom is -0.378 e. The molecule has 0 N–H and O–H groups in total. The van der Waals surface area contributed by atoms with Crippen LogP contribution in [0.15, 0.2) is 48.5 Å². The first-order chi connectivity index (χ1) is 16.1. The molecule has 2 amide bonds. The van der Waals surface area contributed by atoms with E-state index in [1.54, 1.807) is 0 Å².